The van der Waals surface area contributed by atoms with Crippen LogP contribution in [0.15, 0.2) is 18.2 Å². The number of rotatable bonds is 5. The van der Waals surface area contributed by atoms with Crippen LogP contribution in [0.2, 0.25) is 0 Å². The first-order chi connectivity index (χ1) is 11.4. The second-order valence-electron chi connectivity index (χ2n) is 6.99. The minimum atomic E-state index is -0.956. The topological polar surface area (TPSA) is 63.4 Å². The Morgan fingerprint density at radius 3 is 2.62 bits per heavy atom. The highest BCUT2D eigenvalue weighted by molar-refractivity contribution is 6.07. The molecule has 1 aliphatic heterocycles. The molecule has 6 heteroatoms. The van der Waals surface area contributed by atoms with Gasteiger partial charge in [0.15, 0.2) is 11.6 Å². The summed E-state index contributed by atoms with van der Waals surface area (Å²) in [7, 11) is 0. The standard InChI is InChI=1S/C18H22F2N2O2/c19-14-6-5-12(10-15(14)20)3-4-13-2-1-9-22(11-13)17(24)18(7-8-18)16(21)23/h5-6,10,13H,1-4,7-9,11H2,(H2,21,23)/t13-/m0/s1. The maximum Gasteiger partial charge on any atom is 0.238 e. The third-order valence-corrected chi connectivity index (χ3v) is 5.26. The molecule has 24 heavy (non-hydrogen) atoms. The molecule has 2 aliphatic rings. The Morgan fingerprint density at radius 2 is 2.00 bits per heavy atom. The number of amides is 2. The van der Waals surface area contributed by atoms with Gasteiger partial charge in [0, 0.05) is 13.1 Å². The van der Waals surface area contributed by atoms with Crippen LogP contribution in [0.25, 0.3) is 0 Å². The van der Waals surface area contributed by atoms with E-state index >= 15 is 0 Å². The number of halogens is 2. The summed E-state index contributed by atoms with van der Waals surface area (Å²) in [6.07, 6.45) is 4.44. The number of aryl methyl sites for hydroxylation is 1. The minimum absolute atomic E-state index is 0.132. The molecule has 1 atom stereocenters. The van der Waals surface area contributed by atoms with E-state index in [1.165, 1.54) is 6.07 Å². The highest BCUT2D eigenvalue weighted by Crippen LogP contribution is 2.47. The van der Waals surface area contributed by atoms with Crippen LogP contribution >= 0.6 is 0 Å². The van der Waals surface area contributed by atoms with Crippen molar-refractivity contribution in [2.45, 2.75) is 38.5 Å². The molecule has 0 bridgehead atoms. The molecule has 0 unspecified atom stereocenters. The summed E-state index contributed by atoms with van der Waals surface area (Å²) >= 11 is 0. The van der Waals surface area contributed by atoms with Gasteiger partial charge in [0.05, 0.1) is 0 Å². The van der Waals surface area contributed by atoms with Crippen molar-refractivity contribution < 1.29 is 18.4 Å². The van der Waals surface area contributed by atoms with Crippen molar-refractivity contribution >= 4 is 11.8 Å². The van der Waals surface area contributed by atoms with Crippen LogP contribution in [0.1, 0.15) is 37.7 Å². The van der Waals surface area contributed by atoms with Crippen LogP contribution < -0.4 is 5.73 Å². The number of likely N-dealkylation sites (tertiary alicyclic amines) is 1. The number of nitrogens with zero attached hydrogens (tertiary/aromatic N) is 1. The van der Waals surface area contributed by atoms with Crippen LogP contribution in [0, 0.1) is 23.0 Å². The SMILES string of the molecule is NC(=O)C1(C(=O)N2CCC[C@@H](CCc3ccc(F)c(F)c3)C2)CC1. The van der Waals surface area contributed by atoms with Gasteiger partial charge in [-0.3, -0.25) is 9.59 Å². The predicted molar refractivity (Wildman–Crippen MR) is 84.8 cm³/mol. The van der Waals surface area contributed by atoms with Crippen molar-refractivity contribution in [2.24, 2.45) is 17.1 Å². The van der Waals surface area contributed by atoms with Gasteiger partial charge in [-0.1, -0.05) is 6.07 Å². The predicted octanol–water partition coefficient (Wildman–Crippen LogP) is 2.40. The fraction of sp³-hybridized carbons (Fsp3) is 0.556. The van der Waals surface area contributed by atoms with Gasteiger partial charge in [0.1, 0.15) is 5.41 Å². The Labute approximate surface area is 140 Å². The number of hydrogen-bond donors (Lipinski definition) is 1. The molecule has 1 saturated heterocycles. The third kappa shape index (κ3) is 3.28. The molecular weight excluding hydrogens is 314 g/mol. The van der Waals surface area contributed by atoms with Crippen LogP contribution in [0.4, 0.5) is 8.78 Å². The van der Waals surface area contributed by atoms with E-state index in [1.54, 1.807) is 11.0 Å². The molecule has 2 N–H and O–H groups in total. The molecule has 1 heterocycles. The number of primary amides is 1. The summed E-state index contributed by atoms with van der Waals surface area (Å²) in [6, 6.07) is 3.97. The van der Waals surface area contributed by atoms with Gasteiger partial charge in [-0.25, -0.2) is 8.78 Å². The molecule has 1 aromatic carbocycles. The number of piperidine rings is 1. The van der Waals surface area contributed by atoms with Gasteiger partial charge in [-0.2, -0.15) is 0 Å². The molecule has 4 nitrogen and oxygen atoms in total. The first kappa shape index (κ1) is 16.9. The summed E-state index contributed by atoms with van der Waals surface area (Å²) in [5.74, 6) is -2.01. The second-order valence-corrected chi connectivity index (χ2v) is 6.99. The molecule has 1 aromatic rings. The average Bonchev–Trinajstić information content (AvgIpc) is 3.37. The lowest BCUT2D eigenvalue weighted by molar-refractivity contribution is -0.144. The normalized spacial score (nSPS) is 22.2. The summed E-state index contributed by atoms with van der Waals surface area (Å²) in [5, 5.41) is 0. The molecule has 1 saturated carbocycles. The number of hydrogen-bond acceptors (Lipinski definition) is 2. The fourth-order valence-corrected chi connectivity index (χ4v) is 3.54. The molecule has 3 rings (SSSR count). The van der Waals surface area contributed by atoms with Crippen molar-refractivity contribution in [3.8, 4) is 0 Å². The maximum atomic E-state index is 13.3. The fourth-order valence-electron chi connectivity index (χ4n) is 3.54. The zero-order valence-corrected chi connectivity index (χ0v) is 13.6. The quantitative estimate of drug-likeness (QED) is 0.839. The van der Waals surface area contributed by atoms with Crippen molar-refractivity contribution in [1.29, 1.82) is 0 Å². The van der Waals surface area contributed by atoms with E-state index < -0.39 is 23.0 Å². The molecule has 0 aromatic heterocycles. The lowest BCUT2D eigenvalue weighted by atomic mass is 9.90. The van der Waals surface area contributed by atoms with Gasteiger partial charge in [0.2, 0.25) is 11.8 Å². The van der Waals surface area contributed by atoms with Crippen molar-refractivity contribution in [3.63, 3.8) is 0 Å². The largest absolute Gasteiger partial charge is 0.369 e. The molecular formula is C18H22F2N2O2. The van der Waals surface area contributed by atoms with Gasteiger partial charge in [0.25, 0.3) is 0 Å². The number of nitrogens with two attached hydrogens (primary N) is 1. The van der Waals surface area contributed by atoms with E-state index in [4.69, 9.17) is 5.73 Å². The maximum absolute atomic E-state index is 13.3. The van der Waals surface area contributed by atoms with Crippen LogP contribution in [-0.4, -0.2) is 29.8 Å². The van der Waals surface area contributed by atoms with E-state index in [1.807, 2.05) is 0 Å². The second kappa shape index (κ2) is 6.49. The lowest BCUT2D eigenvalue weighted by Gasteiger charge is -2.34. The summed E-state index contributed by atoms with van der Waals surface area (Å²) in [6.45, 7) is 1.27. The van der Waals surface area contributed by atoms with Gasteiger partial charge >= 0.3 is 0 Å². The minimum Gasteiger partial charge on any atom is -0.369 e. The number of carbonyl (C=O) groups is 2. The molecule has 130 valence electrons. The molecule has 1 aliphatic carbocycles. The van der Waals surface area contributed by atoms with Gasteiger partial charge in [-0.05, 0) is 62.1 Å². The van der Waals surface area contributed by atoms with E-state index in [0.717, 1.165) is 30.9 Å². The summed E-state index contributed by atoms with van der Waals surface area (Å²) < 4.78 is 26.2. The zero-order valence-electron chi connectivity index (χ0n) is 13.6. The Bertz CT molecular complexity index is 658. The van der Waals surface area contributed by atoms with Crippen molar-refractivity contribution in [3.05, 3.63) is 35.4 Å². The van der Waals surface area contributed by atoms with Gasteiger partial charge in [-0.15, -0.1) is 0 Å². The average molecular weight is 336 g/mol. The Morgan fingerprint density at radius 1 is 1.25 bits per heavy atom. The molecule has 2 fully saturated rings. The Balaban J connectivity index is 1.57. The lowest BCUT2D eigenvalue weighted by Crippen LogP contribution is -2.47. The van der Waals surface area contributed by atoms with Crippen molar-refractivity contribution in [1.82, 2.24) is 4.90 Å². The van der Waals surface area contributed by atoms with E-state index in [0.29, 0.717) is 38.3 Å². The van der Waals surface area contributed by atoms with E-state index in [9.17, 15) is 18.4 Å². The van der Waals surface area contributed by atoms with Crippen molar-refractivity contribution in [2.75, 3.05) is 13.1 Å². The highest BCUT2D eigenvalue weighted by Gasteiger charge is 2.57. The van der Waals surface area contributed by atoms with Gasteiger partial charge < -0.3 is 10.6 Å². The highest BCUT2D eigenvalue weighted by atomic mass is 19.2. The smallest absolute Gasteiger partial charge is 0.238 e. The Kier molecular flexibility index (Phi) is 4.56. The zero-order chi connectivity index (χ0) is 17.3. The summed E-state index contributed by atoms with van der Waals surface area (Å²) in [4.78, 5) is 25.8. The summed E-state index contributed by atoms with van der Waals surface area (Å²) in [5.41, 5.74) is 5.18. The van der Waals surface area contributed by atoms with Crippen LogP contribution in [0.5, 0.6) is 0 Å². The molecule has 0 spiro atoms. The first-order valence-electron chi connectivity index (χ1n) is 8.45. The van der Waals surface area contributed by atoms with E-state index in [2.05, 4.69) is 0 Å². The molecule has 2 amide bonds. The number of carbonyl (C=O) groups excluding carboxylic acids is 2. The van der Waals surface area contributed by atoms with E-state index in [-0.39, 0.29) is 5.91 Å². The third-order valence-electron chi connectivity index (χ3n) is 5.26. The van der Waals surface area contributed by atoms with Crippen LogP contribution in [0.3, 0.4) is 0 Å². The molecule has 0 radical (unpaired) electrons. The Hall–Kier alpha value is -1.98. The number of benzene rings is 1. The monoisotopic (exact) mass is 336 g/mol. The van der Waals surface area contributed by atoms with Crippen LogP contribution in [-0.2, 0) is 16.0 Å². The first-order valence-corrected chi connectivity index (χ1v) is 8.45.